The highest BCUT2D eigenvalue weighted by molar-refractivity contribution is 5.87. The minimum atomic E-state index is -0.307. The number of nitrogens with zero attached hydrogens (tertiary/aromatic N) is 6. The van der Waals surface area contributed by atoms with E-state index in [-0.39, 0.29) is 24.3 Å². The summed E-state index contributed by atoms with van der Waals surface area (Å²) >= 11 is 0. The van der Waals surface area contributed by atoms with Crippen molar-refractivity contribution < 1.29 is 9.18 Å². The van der Waals surface area contributed by atoms with Gasteiger partial charge < -0.3 is 20.9 Å². The lowest BCUT2D eigenvalue weighted by atomic mass is 10.0. The first-order valence-corrected chi connectivity index (χ1v) is 10.7. The van der Waals surface area contributed by atoms with Crippen LogP contribution >= 0.6 is 0 Å². The number of hydrogen-bond donors (Lipinski definition) is 3. The fraction of sp³-hybridized carbons (Fsp3) is 0.318. The summed E-state index contributed by atoms with van der Waals surface area (Å²) in [4.78, 5) is 27.8. The molecule has 1 aliphatic heterocycles. The number of anilines is 3. The molecule has 0 radical (unpaired) electrons. The summed E-state index contributed by atoms with van der Waals surface area (Å²) in [5.41, 5.74) is 2.59. The molecule has 1 aliphatic rings. The molecular weight excluding hydrogens is 425 g/mol. The monoisotopic (exact) mass is 449 g/mol. The van der Waals surface area contributed by atoms with Crippen molar-refractivity contribution in [2.24, 2.45) is 0 Å². The highest BCUT2D eigenvalue weighted by Crippen LogP contribution is 2.32. The largest absolute Gasteiger partial charge is 0.357 e. The second-order valence-electron chi connectivity index (χ2n) is 8.00. The third-order valence-electron chi connectivity index (χ3n) is 5.81. The lowest BCUT2D eigenvalue weighted by Gasteiger charge is -2.31. The molecule has 1 fully saturated rings. The van der Waals surface area contributed by atoms with Crippen molar-refractivity contribution in [3.05, 3.63) is 47.4 Å². The van der Waals surface area contributed by atoms with Gasteiger partial charge in [-0.2, -0.15) is 19.6 Å². The van der Waals surface area contributed by atoms with Crippen LogP contribution in [-0.2, 0) is 4.79 Å². The number of nitrogens with one attached hydrogen (secondary N) is 3. The van der Waals surface area contributed by atoms with Gasteiger partial charge in [-0.1, -0.05) is 0 Å². The summed E-state index contributed by atoms with van der Waals surface area (Å²) in [6.45, 7) is 5.02. The molecule has 1 saturated heterocycles. The fourth-order valence-corrected chi connectivity index (χ4v) is 4.06. The number of benzene rings is 1. The van der Waals surface area contributed by atoms with E-state index in [0.29, 0.717) is 47.5 Å². The van der Waals surface area contributed by atoms with Crippen molar-refractivity contribution in [2.75, 3.05) is 42.2 Å². The van der Waals surface area contributed by atoms with Gasteiger partial charge >= 0.3 is 0 Å². The van der Waals surface area contributed by atoms with Crippen molar-refractivity contribution in [2.45, 2.75) is 19.9 Å². The average Bonchev–Trinajstić information content (AvgIpc) is 3.30. The summed E-state index contributed by atoms with van der Waals surface area (Å²) in [6, 6.07) is 6.72. The molecule has 4 heterocycles. The Morgan fingerprint density at radius 1 is 1.21 bits per heavy atom. The van der Waals surface area contributed by atoms with Gasteiger partial charge in [0.2, 0.25) is 17.8 Å². The van der Waals surface area contributed by atoms with Crippen molar-refractivity contribution in [1.29, 1.82) is 0 Å². The normalized spacial score (nSPS) is 15.0. The highest BCUT2D eigenvalue weighted by atomic mass is 19.1. The molecule has 4 aromatic rings. The van der Waals surface area contributed by atoms with Crippen molar-refractivity contribution in [3.63, 3.8) is 0 Å². The minimum Gasteiger partial charge on any atom is -0.357 e. The standard InChI is InChI=1S/C22H24FN9O/c1-12-16(23)5-4-14-10-15(20(29-19(12)14)31-9-8-25-18(33)11-31)13(2)27-22-30-21(24-3)28-17-6-7-26-32(17)22/h4-7,10,13H,8-9,11H2,1-3H3,(H,25,33)(H2,24,27,28,30)/t13-/m0/s1. The molecule has 1 atom stereocenters. The van der Waals surface area contributed by atoms with E-state index in [0.717, 1.165) is 10.9 Å². The number of piperazine rings is 1. The Labute approximate surface area is 189 Å². The van der Waals surface area contributed by atoms with Crippen LogP contribution in [0.2, 0.25) is 0 Å². The number of pyridine rings is 1. The van der Waals surface area contributed by atoms with E-state index in [4.69, 9.17) is 4.98 Å². The van der Waals surface area contributed by atoms with Crippen LogP contribution in [0.5, 0.6) is 0 Å². The Morgan fingerprint density at radius 2 is 2.06 bits per heavy atom. The van der Waals surface area contributed by atoms with Crippen LogP contribution in [-0.4, -0.2) is 57.2 Å². The van der Waals surface area contributed by atoms with Crippen LogP contribution in [0.1, 0.15) is 24.1 Å². The Morgan fingerprint density at radius 3 is 2.85 bits per heavy atom. The lowest BCUT2D eigenvalue weighted by Crippen LogP contribution is -2.48. The van der Waals surface area contributed by atoms with E-state index in [1.54, 1.807) is 36.8 Å². The van der Waals surface area contributed by atoms with Crippen molar-refractivity contribution in [3.8, 4) is 0 Å². The first-order chi connectivity index (χ1) is 15.9. The molecular formula is C22H24FN9O. The number of aromatic nitrogens is 5. The van der Waals surface area contributed by atoms with Crippen molar-refractivity contribution >= 4 is 40.2 Å². The molecule has 10 nitrogen and oxygen atoms in total. The van der Waals surface area contributed by atoms with E-state index in [9.17, 15) is 9.18 Å². The predicted molar refractivity (Wildman–Crippen MR) is 124 cm³/mol. The van der Waals surface area contributed by atoms with Gasteiger partial charge in [-0.3, -0.25) is 4.79 Å². The Kier molecular flexibility index (Phi) is 5.15. The van der Waals surface area contributed by atoms with Gasteiger partial charge in [-0.05, 0) is 32.0 Å². The van der Waals surface area contributed by atoms with Gasteiger partial charge in [0.05, 0.1) is 24.3 Å². The molecule has 11 heteroatoms. The third-order valence-corrected chi connectivity index (χ3v) is 5.81. The molecule has 1 aromatic carbocycles. The smallest absolute Gasteiger partial charge is 0.239 e. The molecule has 0 unspecified atom stereocenters. The Balaban J connectivity index is 1.61. The summed E-state index contributed by atoms with van der Waals surface area (Å²) in [7, 11) is 1.75. The van der Waals surface area contributed by atoms with Crippen molar-refractivity contribution in [1.82, 2.24) is 29.9 Å². The maximum absolute atomic E-state index is 14.3. The van der Waals surface area contributed by atoms with E-state index in [2.05, 4.69) is 31.0 Å². The van der Waals surface area contributed by atoms with Gasteiger partial charge in [0.25, 0.3) is 0 Å². The SMILES string of the molecule is CNc1nc(N[C@@H](C)c2cc3ccc(F)c(C)c3nc2N2CCNC(=O)C2)n2nccc2n1. The molecule has 0 aliphatic carbocycles. The van der Waals surface area contributed by atoms with Crippen LogP contribution in [0, 0.1) is 12.7 Å². The number of carbonyl (C=O) groups excluding carboxylic acids is 1. The van der Waals surface area contributed by atoms with Gasteiger partial charge in [0.1, 0.15) is 11.6 Å². The minimum absolute atomic E-state index is 0.0709. The number of halogens is 1. The maximum Gasteiger partial charge on any atom is 0.239 e. The van der Waals surface area contributed by atoms with E-state index < -0.39 is 0 Å². The topological polar surface area (TPSA) is 112 Å². The number of hydrogen-bond acceptors (Lipinski definition) is 8. The molecule has 170 valence electrons. The number of amides is 1. The first-order valence-electron chi connectivity index (χ1n) is 10.7. The molecule has 5 rings (SSSR count). The van der Waals surface area contributed by atoms with Gasteiger partial charge in [0, 0.05) is 42.7 Å². The molecule has 1 amide bonds. The molecule has 33 heavy (non-hydrogen) atoms. The van der Waals surface area contributed by atoms with Crippen LogP contribution in [0.25, 0.3) is 16.6 Å². The van der Waals surface area contributed by atoms with Gasteiger partial charge in [0.15, 0.2) is 5.65 Å². The average molecular weight is 449 g/mol. The zero-order valence-electron chi connectivity index (χ0n) is 18.6. The number of fused-ring (bicyclic) bond motifs is 2. The Bertz CT molecular complexity index is 1370. The summed E-state index contributed by atoms with van der Waals surface area (Å²) < 4.78 is 15.9. The maximum atomic E-state index is 14.3. The molecule has 0 saturated carbocycles. The quantitative estimate of drug-likeness (QED) is 0.425. The van der Waals surface area contributed by atoms with E-state index in [1.165, 1.54) is 6.07 Å². The van der Waals surface area contributed by atoms with Crippen LogP contribution in [0.3, 0.4) is 0 Å². The van der Waals surface area contributed by atoms with Gasteiger partial charge in [-0.15, -0.1) is 0 Å². The third kappa shape index (κ3) is 3.75. The Hall–Kier alpha value is -4.02. The fourth-order valence-electron chi connectivity index (χ4n) is 4.06. The van der Waals surface area contributed by atoms with Crippen LogP contribution in [0.15, 0.2) is 30.5 Å². The van der Waals surface area contributed by atoms with E-state index in [1.807, 2.05) is 17.9 Å². The zero-order chi connectivity index (χ0) is 23.1. The summed E-state index contributed by atoms with van der Waals surface area (Å²) in [6.07, 6.45) is 1.66. The van der Waals surface area contributed by atoms with Gasteiger partial charge in [-0.25, -0.2) is 9.37 Å². The number of rotatable bonds is 5. The highest BCUT2D eigenvalue weighted by Gasteiger charge is 2.25. The zero-order valence-corrected chi connectivity index (χ0v) is 18.6. The lowest BCUT2D eigenvalue weighted by molar-refractivity contribution is -0.120. The second kappa shape index (κ2) is 8.15. The summed E-state index contributed by atoms with van der Waals surface area (Å²) in [5.74, 6) is 1.25. The van der Waals surface area contributed by atoms with E-state index >= 15 is 0 Å². The molecule has 0 bridgehead atoms. The first kappa shape index (κ1) is 20.9. The summed E-state index contributed by atoms with van der Waals surface area (Å²) in [5, 5.41) is 14.4. The predicted octanol–water partition coefficient (Wildman–Crippen LogP) is 2.27. The molecule has 3 aromatic heterocycles. The second-order valence-corrected chi connectivity index (χ2v) is 8.00. The number of aryl methyl sites for hydroxylation is 1. The molecule has 0 spiro atoms. The molecule has 3 N–H and O–H groups in total. The van der Waals surface area contributed by atoms with Crippen LogP contribution < -0.4 is 20.9 Å². The number of carbonyl (C=O) groups is 1. The van der Waals surface area contributed by atoms with Crippen LogP contribution in [0.4, 0.5) is 22.1 Å².